The van der Waals surface area contributed by atoms with Gasteiger partial charge in [0.15, 0.2) is 0 Å². The largest absolute Gasteiger partial charge is 0.497 e. The maximum atomic E-state index is 13.4. The monoisotopic (exact) mass is 441 g/mol. The third-order valence-electron chi connectivity index (χ3n) is 4.44. The molecule has 1 heterocycles. The van der Waals surface area contributed by atoms with E-state index in [4.69, 9.17) is 9.47 Å². The third-order valence-corrected chi connectivity index (χ3v) is 6.16. The van der Waals surface area contributed by atoms with Gasteiger partial charge in [0.05, 0.1) is 12.0 Å². The van der Waals surface area contributed by atoms with Crippen LogP contribution in [-0.2, 0) is 19.6 Å². The predicted molar refractivity (Wildman–Crippen MR) is 119 cm³/mol. The second-order valence-corrected chi connectivity index (χ2v) is 8.44. The quantitative estimate of drug-likeness (QED) is 0.537. The summed E-state index contributed by atoms with van der Waals surface area (Å²) in [7, 11) is -1.02. The number of sulfonamides is 1. The number of carbonyl (C=O) groups excluding carboxylic acids is 1. The van der Waals surface area contributed by atoms with Gasteiger partial charge in [0, 0.05) is 31.5 Å². The molecule has 8 nitrogen and oxygen atoms in total. The van der Waals surface area contributed by atoms with Crippen LogP contribution in [0.3, 0.4) is 0 Å². The molecular weight excluding hydrogens is 418 g/mol. The Morgan fingerprint density at radius 2 is 1.81 bits per heavy atom. The van der Waals surface area contributed by atoms with Crippen LogP contribution >= 0.6 is 0 Å². The Balaban J connectivity index is 2.12. The summed E-state index contributed by atoms with van der Waals surface area (Å²) in [6, 6.07) is 16.6. The van der Waals surface area contributed by atoms with Gasteiger partial charge in [0.25, 0.3) is 10.0 Å². The smallest absolute Gasteiger partial charge is 0.267 e. The lowest BCUT2D eigenvalue weighted by atomic mass is 10.0. The van der Waals surface area contributed by atoms with E-state index >= 15 is 0 Å². The summed E-state index contributed by atoms with van der Waals surface area (Å²) >= 11 is 0. The lowest BCUT2D eigenvalue weighted by Gasteiger charge is -2.23. The molecule has 0 fully saturated rings. The normalized spacial score (nSPS) is 11.1. The van der Waals surface area contributed by atoms with Crippen LogP contribution in [0, 0.1) is 0 Å². The van der Waals surface area contributed by atoms with E-state index in [1.807, 2.05) is 0 Å². The number of nitrogens with zero attached hydrogens (tertiary/aromatic N) is 2. The van der Waals surface area contributed by atoms with Crippen molar-refractivity contribution in [2.24, 2.45) is 0 Å². The van der Waals surface area contributed by atoms with Crippen molar-refractivity contribution in [3.63, 3.8) is 0 Å². The van der Waals surface area contributed by atoms with E-state index in [0.717, 1.165) is 9.87 Å². The van der Waals surface area contributed by atoms with E-state index in [1.54, 1.807) is 55.6 Å². The van der Waals surface area contributed by atoms with E-state index in [-0.39, 0.29) is 23.4 Å². The minimum atomic E-state index is -4.00. The molecule has 3 aromatic rings. The van der Waals surface area contributed by atoms with Gasteiger partial charge in [-0.05, 0) is 48.0 Å². The number of anilines is 2. The first-order valence-corrected chi connectivity index (χ1v) is 10.8. The summed E-state index contributed by atoms with van der Waals surface area (Å²) < 4.78 is 38.3. The molecule has 1 aromatic heterocycles. The zero-order valence-corrected chi connectivity index (χ0v) is 18.2. The number of nitrogens with one attached hydrogen (secondary N) is 1. The van der Waals surface area contributed by atoms with Gasteiger partial charge in [-0.25, -0.2) is 17.7 Å². The van der Waals surface area contributed by atoms with E-state index in [1.165, 1.54) is 32.4 Å². The Hall–Kier alpha value is -3.43. The Kier molecular flexibility index (Phi) is 6.88. The lowest BCUT2D eigenvalue weighted by molar-refractivity contribution is -0.114. The molecule has 0 aliphatic heterocycles. The highest BCUT2D eigenvalue weighted by Gasteiger charge is 2.27. The average Bonchev–Trinajstić information content (AvgIpc) is 2.78. The lowest BCUT2D eigenvalue weighted by Crippen LogP contribution is -2.33. The molecule has 0 bridgehead atoms. The van der Waals surface area contributed by atoms with Crippen molar-refractivity contribution >= 4 is 27.4 Å². The van der Waals surface area contributed by atoms with Crippen LogP contribution in [0.5, 0.6) is 5.75 Å². The van der Waals surface area contributed by atoms with Crippen molar-refractivity contribution in [3.8, 4) is 16.9 Å². The van der Waals surface area contributed by atoms with Crippen molar-refractivity contribution in [1.29, 1.82) is 0 Å². The second-order valence-electron chi connectivity index (χ2n) is 6.58. The molecule has 0 unspecified atom stereocenters. The molecule has 2 aromatic carbocycles. The molecule has 1 amide bonds. The fourth-order valence-corrected chi connectivity index (χ4v) is 4.36. The zero-order chi connectivity index (χ0) is 22.4. The fraction of sp³-hybridized carbons (Fsp3) is 0.182. The summed E-state index contributed by atoms with van der Waals surface area (Å²) in [5.41, 5.74) is 1.77. The van der Waals surface area contributed by atoms with Crippen LogP contribution < -0.4 is 14.4 Å². The van der Waals surface area contributed by atoms with E-state index in [9.17, 15) is 13.2 Å². The van der Waals surface area contributed by atoms with Gasteiger partial charge < -0.3 is 14.8 Å². The molecule has 0 saturated heterocycles. The molecule has 1 N–H and O–H groups in total. The number of amides is 1. The van der Waals surface area contributed by atoms with Crippen LogP contribution in [0.4, 0.5) is 11.5 Å². The number of pyridine rings is 1. The van der Waals surface area contributed by atoms with Crippen LogP contribution in [-0.4, -0.2) is 40.3 Å². The number of hydrogen-bond donors (Lipinski definition) is 1. The highest BCUT2D eigenvalue weighted by atomic mass is 32.2. The number of carbonyl (C=O) groups is 1. The second kappa shape index (κ2) is 9.59. The number of rotatable bonds is 8. The average molecular weight is 442 g/mol. The van der Waals surface area contributed by atoms with Gasteiger partial charge in [-0.1, -0.05) is 18.2 Å². The molecule has 31 heavy (non-hydrogen) atoms. The van der Waals surface area contributed by atoms with Crippen molar-refractivity contribution in [3.05, 3.63) is 66.9 Å². The van der Waals surface area contributed by atoms with Crippen LogP contribution in [0.1, 0.15) is 6.92 Å². The summed E-state index contributed by atoms with van der Waals surface area (Å²) in [4.78, 5) is 15.9. The molecule has 0 saturated carbocycles. The minimum Gasteiger partial charge on any atom is -0.497 e. The van der Waals surface area contributed by atoms with Crippen molar-refractivity contribution < 1.29 is 22.7 Å². The van der Waals surface area contributed by atoms with Crippen molar-refractivity contribution in [1.82, 2.24) is 4.98 Å². The number of ether oxygens (including phenoxy) is 2. The number of hydrogen-bond acceptors (Lipinski definition) is 6. The SMILES string of the molecule is COCN(c1ccccn1)S(=O)(=O)c1ccc(NC(C)=O)c(-c2ccc(OC)cc2)c1. The summed E-state index contributed by atoms with van der Waals surface area (Å²) in [5, 5.41) is 2.75. The summed E-state index contributed by atoms with van der Waals surface area (Å²) in [6.07, 6.45) is 1.51. The Morgan fingerprint density at radius 3 is 2.39 bits per heavy atom. The zero-order valence-electron chi connectivity index (χ0n) is 17.4. The van der Waals surface area contributed by atoms with Gasteiger partial charge in [0.1, 0.15) is 18.3 Å². The van der Waals surface area contributed by atoms with Crippen molar-refractivity contribution in [2.75, 3.05) is 30.6 Å². The first-order chi connectivity index (χ1) is 14.9. The molecule has 0 aliphatic carbocycles. The van der Waals surface area contributed by atoms with Crippen LogP contribution in [0.2, 0.25) is 0 Å². The predicted octanol–water partition coefficient (Wildman–Crippen LogP) is 3.51. The molecule has 9 heteroatoms. The van der Waals surface area contributed by atoms with Gasteiger partial charge in [-0.2, -0.15) is 0 Å². The van der Waals surface area contributed by atoms with Gasteiger partial charge >= 0.3 is 0 Å². The fourth-order valence-electron chi connectivity index (χ4n) is 3.00. The van der Waals surface area contributed by atoms with Gasteiger partial charge in [-0.15, -0.1) is 0 Å². The van der Waals surface area contributed by atoms with Crippen molar-refractivity contribution in [2.45, 2.75) is 11.8 Å². The highest BCUT2D eigenvalue weighted by Crippen LogP contribution is 2.33. The Bertz CT molecular complexity index is 1150. The highest BCUT2D eigenvalue weighted by molar-refractivity contribution is 7.92. The van der Waals surface area contributed by atoms with Gasteiger partial charge in [0.2, 0.25) is 5.91 Å². The van der Waals surface area contributed by atoms with E-state index in [0.29, 0.717) is 17.0 Å². The number of aromatic nitrogens is 1. The number of methoxy groups -OCH3 is 2. The van der Waals surface area contributed by atoms with Crippen LogP contribution in [0.15, 0.2) is 71.8 Å². The first kappa shape index (κ1) is 22.3. The Morgan fingerprint density at radius 1 is 1.06 bits per heavy atom. The minimum absolute atomic E-state index is 0.0372. The molecule has 162 valence electrons. The van der Waals surface area contributed by atoms with Gasteiger partial charge in [-0.3, -0.25) is 4.79 Å². The molecular formula is C22H23N3O5S. The van der Waals surface area contributed by atoms with E-state index in [2.05, 4.69) is 10.3 Å². The van der Waals surface area contributed by atoms with Crippen LogP contribution in [0.25, 0.3) is 11.1 Å². The molecule has 0 radical (unpaired) electrons. The summed E-state index contributed by atoms with van der Waals surface area (Å²) in [5.74, 6) is 0.635. The first-order valence-electron chi connectivity index (χ1n) is 9.35. The maximum Gasteiger partial charge on any atom is 0.267 e. The standard InChI is InChI=1S/C22H23N3O5S/c1-16(26)24-21-12-11-19(14-20(21)17-7-9-18(30-3)10-8-17)31(27,28)25(15-29-2)22-6-4-5-13-23-22/h4-14H,15H2,1-3H3,(H,24,26). The number of benzene rings is 2. The molecule has 0 atom stereocenters. The molecule has 0 spiro atoms. The molecule has 0 aliphatic rings. The maximum absolute atomic E-state index is 13.4. The summed E-state index contributed by atoms with van der Waals surface area (Å²) in [6.45, 7) is 1.19. The Labute approximate surface area is 181 Å². The topological polar surface area (TPSA) is 97.8 Å². The third kappa shape index (κ3) is 5.01. The molecule has 3 rings (SSSR count). The van der Waals surface area contributed by atoms with E-state index < -0.39 is 10.0 Å².